The fraction of sp³-hybridized carbons (Fsp3) is 0.389. The van der Waals surface area contributed by atoms with Crippen molar-refractivity contribution in [2.45, 2.75) is 26.1 Å². The van der Waals surface area contributed by atoms with Gasteiger partial charge in [0.05, 0.1) is 12.2 Å². The van der Waals surface area contributed by atoms with E-state index in [1.54, 1.807) is 22.4 Å². The summed E-state index contributed by atoms with van der Waals surface area (Å²) < 4.78 is 23.7. The molecule has 0 aliphatic carbocycles. The first kappa shape index (κ1) is 18.5. The number of amides is 1. The number of esters is 1. The van der Waals surface area contributed by atoms with E-state index in [1.807, 2.05) is 13.8 Å². The summed E-state index contributed by atoms with van der Waals surface area (Å²) in [6, 6.07) is 5.84. The van der Waals surface area contributed by atoms with Crippen LogP contribution in [0.1, 0.15) is 24.3 Å². The van der Waals surface area contributed by atoms with Crippen LogP contribution in [0.2, 0.25) is 0 Å². The van der Waals surface area contributed by atoms with Crippen LogP contribution in [-0.4, -0.2) is 53.7 Å². The Balaban J connectivity index is 1.57. The van der Waals surface area contributed by atoms with Gasteiger partial charge in [-0.2, -0.15) is 0 Å². The standard InChI is InChI=1S/C18H19FN2O4S/c1-11-7-21(8-12(2)25-11)16(22)9-24-18(23)15-10-26-17(20-15)13-3-5-14(19)6-4-13/h3-6,10-12H,7-9H2,1-2H3/t11-,12+. The lowest BCUT2D eigenvalue weighted by atomic mass is 10.2. The molecule has 0 bridgehead atoms. The van der Waals surface area contributed by atoms with Gasteiger partial charge in [-0.1, -0.05) is 0 Å². The van der Waals surface area contributed by atoms with E-state index in [9.17, 15) is 14.0 Å². The van der Waals surface area contributed by atoms with Crippen LogP contribution in [0.3, 0.4) is 0 Å². The molecule has 1 amide bonds. The molecule has 0 spiro atoms. The fourth-order valence-electron chi connectivity index (χ4n) is 2.77. The zero-order chi connectivity index (χ0) is 18.7. The summed E-state index contributed by atoms with van der Waals surface area (Å²) in [6.07, 6.45) is -0.0922. The Morgan fingerprint density at radius 1 is 1.27 bits per heavy atom. The average molecular weight is 378 g/mol. The van der Waals surface area contributed by atoms with Gasteiger partial charge in [-0.3, -0.25) is 4.79 Å². The first-order chi connectivity index (χ1) is 12.4. The Morgan fingerprint density at radius 2 is 1.92 bits per heavy atom. The van der Waals surface area contributed by atoms with E-state index >= 15 is 0 Å². The number of rotatable bonds is 4. The van der Waals surface area contributed by atoms with E-state index in [2.05, 4.69) is 4.98 Å². The van der Waals surface area contributed by atoms with Crippen molar-refractivity contribution < 1.29 is 23.5 Å². The second-order valence-electron chi connectivity index (χ2n) is 6.18. The number of benzene rings is 1. The molecule has 3 rings (SSSR count). The highest BCUT2D eigenvalue weighted by Gasteiger charge is 2.26. The molecule has 0 saturated carbocycles. The quantitative estimate of drug-likeness (QED) is 0.766. The molecule has 2 atom stereocenters. The van der Waals surface area contributed by atoms with Gasteiger partial charge in [0.2, 0.25) is 0 Å². The average Bonchev–Trinajstić information content (AvgIpc) is 3.09. The summed E-state index contributed by atoms with van der Waals surface area (Å²) in [5, 5.41) is 2.14. The molecule has 0 unspecified atom stereocenters. The zero-order valence-corrected chi connectivity index (χ0v) is 15.3. The van der Waals surface area contributed by atoms with Crippen molar-refractivity contribution in [2.75, 3.05) is 19.7 Å². The third-order valence-corrected chi connectivity index (χ3v) is 4.79. The van der Waals surface area contributed by atoms with Crippen LogP contribution in [0.15, 0.2) is 29.6 Å². The molecule has 1 aromatic heterocycles. The van der Waals surface area contributed by atoms with E-state index in [-0.39, 0.29) is 36.2 Å². The van der Waals surface area contributed by atoms with Crippen molar-refractivity contribution in [2.24, 2.45) is 0 Å². The van der Waals surface area contributed by atoms with Gasteiger partial charge in [-0.15, -0.1) is 11.3 Å². The number of thiazole rings is 1. The lowest BCUT2D eigenvalue weighted by Gasteiger charge is -2.35. The van der Waals surface area contributed by atoms with E-state index in [0.29, 0.717) is 23.7 Å². The first-order valence-corrected chi connectivity index (χ1v) is 9.12. The number of hydrogen-bond donors (Lipinski definition) is 0. The maximum Gasteiger partial charge on any atom is 0.358 e. The lowest BCUT2D eigenvalue weighted by Crippen LogP contribution is -2.49. The summed E-state index contributed by atoms with van der Waals surface area (Å²) in [7, 11) is 0. The number of carbonyl (C=O) groups excluding carboxylic acids is 2. The van der Waals surface area contributed by atoms with E-state index in [4.69, 9.17) is 9.47 Å². The van der Waals surface area contributed by atoms with Crippen molar-refractivity contribution in [1.29, 1.82) is 0 Å². The topological polar surface area (TPSA) is 68.7 Å². The van der Waals surface area contributed by atoms with Crippen molar-refractivity contribution >= 4 is 23.2 Å². The van der Waals surface area contributed by atoms with Crippen LogP contribution in [-0.2, 0) is 14.3 Å². The van der Waals surface area contributed by atoms with Crippen LogP contribution in [0.5, 0.6) is 0 Å². The molecule has 0 radical (unpaired) electrons. The monoisotopic (exact) mass is 378 g/mol. The number of carbonyl (C=O) groups is 2. The van der Waals surface area contributed by atoms with Gasteiger partial charge in [0.15, 0.2) is 12.3 Å². The summed E-state index contributed by atoms with van der Waals surface area (Å²) in [5.41, 5.74) is 0.841. The van der Waals surface area contributed by atoms with Gasteiger partial charge < -0.3 is 14.4 Å². The summed E-state index contributed by atoms with van der Waals surface area (Å²) >= 11 is 1.25. The predicted octanol–water partition coefficient (Wildman–Crippen LogP) is 2.74. The van der Waals surface area contributed by atoms with Crippen LogP contribution in [0, 0.1) is 5.82 Å². The van der Waals surface area contributed by atoms with Crippen molar-refractivity contribution in [1.82, 2.24) is 9.88 Å². The molecule has 2 aromatic rings. The summed E-state index contributed by atoms with van der Waals surface area (Å²) in [5.74, 6) is -1.25. The molecule has 6 nitrogen and oxygen atoms in total. The number of ether oxygens (including phenoxy) is 2. The predicted molar refractivity (Wildman–Crippen MR) is 94.4 cm³/mol. The molecule has 1 saturated heterocycles. The van der Waals surface area contributed by atoms with Crippen LogP contribution in [0.4, 0.5) is 4.39 Å². The fourth-order valence-corrected chi connectivity index (χ4v) is 3.56. The Morgan fingerprint density at radius 3 is 2.58 bits per heavy atom. The van der Waals surface area contributed by atoms with Crippen LogP contribution >= 0.6 is 11.3 Å². The number of morpholine rings is 1. The molecule has 1 aromatic carbocycles. The first-order valence-electron chi connectivity index (χ1n) is 8.24. The van der Waals surface area contributed by atoms with Gasteiger partial charge in [-0.05, 0) is 38.1 Å². The minimum Gasteiger partial charge on any atom is -0.451 e. The van der Waals surface area contributed by atoms with Crippen molar-refractivity contribution in [3.63, 3.8) is 0 Å². The number of hydrogen-bond acceptors (Lipinski definition) is 6. The normalized spacial score (nSPS) is 20.0. The third-order valence-electron chi connectivity index (χ3n) is 3.90. The molecular formula is C18H19FN2O4S. The highest BCUT2D eigenvalue weighted by atomic mass is 32.1. The highest BCUT2D eigenvalue weighted by Crippen LogP contribution is 2.24. The zero-order valence-electron chi connectivity index (χ0n) is 14.5. The Labute approximate surface area is 154 Å². The molecule has 1 aliphatic rings. The molecule has 26 heavy (non-hydrogen) atoms. The minimum atomic E-state index is -0.655. The Kier molecular flexibility index (Phi) is 5.63. The molecule has 2 heterocycles. The van der Waals surface area contributed by atoms with Crippen LogP contribution < -0.4 is 0 Å². The third kappa shape index (κ3) is 4.44. The molecule has 138 valence electrons. The smallest absolute Gasteiger partial charge is 0.358 e. The molecule has 8 heteroatoms. The second-order valence-corrected chi connectivity index (χ2v) is 7.04. The van der Waals surface area contributed by atoms with E-state index < -0.39 is 5.97 Å². The van der Waals surface area contributed by atoms with Crippen molar-refractivity contribution in [3.05, 3.63) is 41.2 Å². The SMILES string of the molecule is C[C@@H]1CN(C(=O)COC(=O)c2csc(-c3ccc(F)cc3)n2)C[C@H](C)O1. The summed E-state index contributed by atoms with van der Waals surface area (Å²) in [6.45, 7) is 4.42. The second kappa shape index (κ2) is 7.92. The Hall–Kier alpha value is -2.32. The van der Waals surface area contributed by atoms with Gasteiger partial charge in [0.1, 0.15) is 10.8 Å². The Bertz CT molecular complexity index is 783. The van der Waals surface area contributed by atoms with Crippen LogP contribution in [0.25, 0.3) is 10.6 Å². The number of halogens is 1. The maximum atomic E-state index is 13.0. The number of aromatic nitrogens is 1. The van der Waals surface area contributed by atoms with Crippen molar-refractivity contribution in [3.8, 4) is 10.6 Å². The largest absolute Gasteiger partial charge is 0.451 e. The van der Waals surface area contributed by atoms with Gasteiger partial charge in [0, 0.05) is 24.0 Å². The van der Waals surface area contributed by atoms with Gasteiger partial charge >= 0.3 is 5.97 Å². The van der Waals surface area contributed by atoms with Gasteiger partial charge in [0.25, 0.3) is 5.91 Å². The van der Waals surface area contributed by atoms with E-state index in [1.165, 1.54) is 23.5 Å². The van der Waals surface area contributed by atoms with Gasteiger partial charge in [-0.25, -0.2) is 14.2 Å². The van der Waals surface area contributed by atoms with E-state index in [0.717, 1.165) is 0 Å². The molecule has 0 N–H and O–H groups in total. The molecule has 1 fully saturated rings. The number of nitrogens with zero attached hydrogens (tertiary/aromatic N) is 2. The summed E-state index contributed by atoms with van der Waals surface area (Å²) in [4.78, 5) is 30.2. The minimum absolute atomic E-state index is 0.0461. The maximum absolute atomic E-state index is 13.0. The highest BCUT2D eigenvalue weighted by molar-refractivity contribution is 7.13. The lowest BCUT2D eigenvalue weighted by molar-refractivity contribution is -0.146. The molecule has 1 aliphatic heterocycles. The molecular weight excluding hydrogens is 359 g/mol.